The van der Waals surface area contributed by atoms with Gasteiger partial charge in [0.15, 0.2) is 0 Å². The summed E-state index contributed by atoms with van der Waals surface area (Å²) in [7, 11) is 0. The quantitative estimate of drug-likeness (QED) is 0.713. The Morgan fingerprint density at radius 2 is 1.93 bits per heavy atom. The minimum atomic E-state index is -0.222. The Balaban J connectivity index is 3.44. The zero-order valence-corrected chi connectivity index (χ0v) is 9.18. The largest absolute Gasteiger partial charge is 0.506 e. The molecular formula is C11H12ClNO. The lowest BCUT2D eigenvalue weighted by molar-refractivity contribution is 0.447. The highest BCUT2D eigenvalue weighted by Crippen LogP contribution is 2.36. The topological polar surface area (TPSA) is 44.0 Å². The fraction of sp³-hybridized carbons (Fsp3) is 0.364. The predicted molar refractivity (Wildman–Crippen MR) is 56.5 cm³/mol. The first kappa shape index (κ1) is 10.9. The minimum Gasteiger partial charge on any atom is -0.506 e. The third-order valence-electron chi connectivity index (χ3n) is 2.00. The van der Waals surface area contributed by atoms with Crippen molar-refractivity contribution in [1.82, 2.24) is 0 Å². The van der Waals surface area contributed by atoms with Crippen molar-refractivity contribution in [3.63, 3.8) is 0 Å². The Hall–Kier alpha value is -1.20. The molecule has 0 fully saturated rings. The van der Waals surface area contributed by atoms with Crippen LogP contribution in [0, 0.1) is 11.3 Å². The molecule has 0 radical (unpaired) electrons. The first-order valence-electron chi connectivity index (χ1n) is 4.29. The summed E-state index contributed by atoms with van der Waals surface area (Å²) >= 11 is 5.80. The number of hydrogen-bond acceptors (Lipinski definition) is 2. The number of nitriles is 1. The molecule has 3 heteroatoms. The van der Waals surface area contributed by atoms with Gasteiger partial charge in [-0.25, -0.2) is 0 Å². The SMILES string of the molecule is CC(C)(C)c1cc(C#N)cc(Cl)c1O. The molecule has 1 aromatic carbocycles. The van der Waals surface area contributed by atoms with Gasteiger partial charge in [0.05, 0.1) is 16.7 Å². The van der Waals surface area contributed by atoms with Crippen molar-refractivity contribution in [3.05, 3.63) is 28.3 Å². The summed E-state index contributed by atoms with van der Waals surface area (Å²) in [6.07, 6.45) is 0. The third kappa shape index (κ3) is 2.00. The lowest BCUT2D eigenvalue weighted by Crippen LogP contribution is -2.11. The number of aromatic hydroxyl groups is 1. The molecule has 0 aliphatic carbocycles. The van der Waals surface area contributed by atoms with E-state index in [1.54, 1.807) is 6.07 Å². The lowest BCUT2D eigenvalue weighted by Gasteiger charge is -2.21. The average Bonchev–Trinajstić information content (AvgIpc) is 2.07. The van der Waals surface area contributed by atoms with Crippen LogP contribution >= 0.6 is 11.6 Å². The van der Waals surface area contributed by atoms with E-state index in [1.807, 2.05) is 26.8 Å². The normalized spacial score (nSPS) is 11.1. The van der Waals surface area contributed by atoms with Crippen LogP contribution in [-0.4, -0.2) is 5.11 Å². The standard InChI is InChI=1S/C11H12ClNO/c1-11(2,3)8-4-7(6-13)5-9(12)10(8)14/h4-5,14H,1-3H3. The zero-order valence-electron chi connectivity index (χ0n) is 8.43. The number of nitrogens with zero attached hydrogens (tertiary/aromatic N) is 1. The molecule has 0 amide bonds. The first-order chi connectivity index (χ1) is 6.36. The summed E-state index contributed by atoms with van der Waals surface area (Å²) in [6, 6.07) is 5.14. The second-order valence-electron chi connectivity index (χ2n) is 4.22. The lowest BCUT2D eigenvalue weighted by atomic mass is 9.85. The average molecular weight is 210 g/mol. The van der Waals surface area contributed by atoms with Crippen LogP contribution in [-0.2, 0) is 5.41 Å². The van der Waals surface area contributed by atoms with Gasteiger partial charge in [0, 0.05) is 5.56 Å². The maximum atomic E-state index is 9.71. The molecule has 0 heterocycles. The van der Waals surface area contributed by atoms with Gasteiger partial charge in [-0.1, -0.05) is 32.4 Å². The summed E-state index contributed by atoms with van der Waals surface area (Å²) in [5.74, 6) is 0.0677. The Kier molecular flexibility index (Phi) is 2.73. The van der Waals surface area contributed by atoms with Crippen molar-refractivity contribution in [2.45, 2.75) is 26.2 Å². The van der Waals surface area contributed by atoms with E-state index in [0.29, 0.717) is 11.1 Å². The molecule has 1 rings (SSSR count). The number of phenols is 1. The van der Waals surface area contributed by atoms with E-state index in [9.17, 15) is 5.11 Å². The van der Waals surface area contributed by atoms with Crippen LogP contribution in [0.4, 0.5) is 0 Å². The maximum absolute atomic E-state index is 9.71. The number of benzene rings is 1. The number of rotatable bonds is 0. The zero-order chi connectivity index (χ0) is 10.9. The first-order valence-corrected chi connectivity index (χ1v) is 4.67. The van der Waals surface area contributed by atoms with Gasteiger partial charge in [0.2, 0.25) is 0 Å². The van der Waals surface area contributed by atoms with E-state index in [1.165, 1.54) is 6.07 Å². The molecule has 0 atom stereocenters. The second-order valence-corrected chi connectivity index (χ2v) is 4.62. The van der Waals surface area contributed by atoms with Gasteiger partial charge in [0.1, 0.15) is 5.75 Å². The number of phenolic OH excluding ortho intramolecular Hbond substituents is 1. The molecule has 0 saturated carbocycles. The van der Waals surface area contributed by atoms with Crippen molar-refractivity contribution in [3.8, 4) is 11.8 Å². The molecule has 0 bridgehead atoms. The van der Waals surface area contributed by atoms with Crippen LogP contribution in [0.15, 0.2) is 12.1 Å². The highest BCUT2D eigenvalue weighted by Gasteiger charge is 2.20. The summed E-state index contributed by atoms with van der Waals surface area (Å²) in [5.41, 5.74) is 0.944. The van der Waals surface area contributed by atoms with Crippen LogP contribution in [0.2, 0.25) is 5.02 Å². The van der Waals surface area contributed by atoms with E-state index < -0.39 is 0 Å². The molecule has 1 aromatic rings. The van der Waals surface area contributed by atoms with Crippen molar-refractivity contribution >= 4 is 11.6 Å². The van der Waals surface area contributed by atoms with Crippen LogP contribution < -0.4 is 0 Å². The molecule has 0 spiro atoms. The summed E-state index contributed by atoms with van der Waals surface area (Å²) < 4.78 is 0. The van der Waals surface area contributed by atoms with Gasteiger partial charge < -0.3 is 5.11 Å². The van der Waals surface area contributed by atoms with Gasteiger partial charge in [-0.15, -0.1) is 0 Å². The van der Waals surface area contributed by atoms with Gasteiger partial charge >= 0.3 is 0 Å². The van der Waals surface area contributed by atoms with Crippen LogP contribution in [0.5, 0.6) is 5.75 Å². The van der Waals surface area contributed by atoms with E-state index in [2.05, 4.69) is 0 Å². The second kappa shape index (κ2) is 3.51. The molecule has 0 unspecified atom stereocenters. The predicted octanol–water partition coefficient (Wildman–Crippen LogP) is 3.21. The monoisotopic (exact) mass is 209 g/mol. The molecular weight excluding hydrogens is 198 g/mol. The summed E-state index contributed by atoms with van der Waals surface area (Å²) in [5, 5.41) is 18.7. The molecule has 0 aromatic heterocycles. The third-order valence-corrected chi connectivity index (χ3v) is 2.29. The smallest absolute Gasteiger partial charge is 0.137 e. The van der Waals surface area contributed by atoms with Gasteiger partial charge in [0.25, 0.3) is 0 Å². The highest BCUT2D eigenvalue weighted by molar-refractivity contribution is 6.32. The molecule has 0 aliphatic heterocycles. The van der Waals surface area contributed by atoms with Crippen molar-refractivity contribution in [2.24, 2.45) is 0 Å². The molecule has 14 heavy (non-hydrogen) atoms. The maximum Gasteiger partial charge on any atom is 0.137 e. The Bertz CT molecular complexity index is 399. The molecule has 74 valence electrons. The highest BCUT2D eigenvalue weighted by atomic mass is 35.5. The van der Waals surface area contributed by atoms with E-state index in [-0.39, 0.29) is 16.2 Å². The van der Waals surface area contributed by atoms with E-state index in [0.717, 1.165) is 0 Å². The van der Waals surface area contributed by atoms with Crippen LogP contribution in [0.25, 0.3) is 0 Å². The van der Waals surface area contributed by atoms with Crippen molar-refractivity contribution in [1.29, 1.82) is 5.26 Å². The van der Waals surface area contributed by atoms with Gasteiger partial charge in [-0.3, -0.25) is 0 Å². The van der Waals surface area contributed by atoms with E-state index in [4.69, 9.17) is 16.9 Å². The van der Waals surface area contributed by atoms with Crippen LogP contribution in [0.1, 0.15) is 31.9 Å². The summed E-state index contributed by atoms with van der Waals surface area (Å²) in [6.45, 7) is 5.87. The number of halogens is 1. The molecule has 2 nitrogen and oxygen atoms in total. The fourth-order valence-electron chi connectivity index (χ4n) is 1.24. The Morgan fingerprint density at radius 1 is 1.36 bits per heavy atom. The minimum absolute atomic E-state index is 0.0677. The Labute approximate surface area is 88.7 Å². The summed E-state index contributed by atoms with van der Waals surface area (Å²) in [4.78, 5) is 0. The van der Waals surface area contributed by atoms with Gasteiger partial charge in [-0.05, 0) is 17.5 Å². The van der Waals surface area contributed by atoms with Gasteiger partial charge in [-0.2, -0.15) is 5.26 Å². The molecule has 1 N–H and O–H groups in total. The Morgan fingerprint density at radius 3 is 2.36 bits per heavy atom. The number of hydrogen-bond donors (Lipinski definition) is 1. The van der Waals surface area contributed by atoms with Crippen LogP contribution in [0.3, 0.4) is 0 Å². The van der Waals surface area contributed by atoms with E-state index >= 15 is 0 Å². The molecule has 0 aliphatic rings. The fourth-order valence-corrected chi connectivity index (χ4v) is 1.45. The van der Waals surface area contributed by atoms with Crippen molar-refractivity contribution in [2.75, 3.05) is 0 Å². The van der Waals surface area contributed by atoms with Crippen molar-refractivity contribution < 1.29 is 5.11 Å². The molecule has 0 saturated heterocycles.